The van der Waals surface area contributed by atoms with Crippen molar-refractivity contribution in [2.45, 2.75) is 32.1 Å². The van der Waals surface area contributed by atoms with Gasteiger partial charge in [0.05, 0.1) is 11.2 Å². The van der Waals surface area contributed by atoms with E-state index in [0.29, 0.717) is 12.2 Å². The molecule has 1 fully saturated rings. The molecule has 5 aromatic rings. The largest absolute Gasteiger partial charge is 0.384 e. The highest BCUT2D eigenvalue weighted by molar-refractivity contribution is 5.99. The summed E-state index contributed by atoms with van der Waals surface area (Å²) in [6.07, 6.45) is 13.1. The summed E-state index contributed by atoms with van der Waals surface area (Å²) in [5.74, 6) is -0.112. The number of hydrogen-bond acceptors (Lipinski definition) is 6. The molecule has 1 saturated heterocycles. The Bertz CT molecular complexity index is 1590. The van der Waals surface area contributed by atoms with Gasteiger partial charge in [0.25, 0.3) is 5.91 Å². The highest BCUT2D eigenvalue weighted by atomic mass is 16.1. The van der Waals surface area contributed by atoms with Gasteiger partial charge < -0.3 is 20.5 Å². The number of piperidine rings is 1. The van der Waals surface area contributed by atoms with Gasteiger partial charge in [0.2, 0.25) is 0 Å². The Balaban J connectivity index is 1.16. The Hall–Kier alpha value is -4.30. The smallest absolute Gasteiger partial charge is 0.267 e. The minimum Gasteiger partial charge on any atom is -0.384 e. The number of rotatable bonds is 10. The second-order valence-electron chi connectivity index (χ2n) is 10.5. The second-order valence-corrected chi connectivity index (χ2v) is 10.5. The third-order valence-corrected chi connectivity index (χ3v) is 7.64. The quantitative estimate of drug-likeness (QED) is 0.207. The summed E-state index contributed by atoms with van der Waals surface area (Å²) in [5, 5.41) is 8.68. The first kappa shape index (κ1) is 26.0. The van der Waals surface area contributed by atoms with Crippen LogP contribution in [-0.2, 0) is 6.42 Å². The molecule has 0 unspecified atom stereocenters. The maximum Gasteiger partial charge on any atom is 0.267 e. The Morgan fingerprint density at radius 2 is 1.77 bits per heavy atom. The molecule has 0 spiro atoms. The molecule has 1 aliphatic heterocycles. The van der Waals surface area contributed by atoms with Crippen LogP contribution in [0.2, 0.25) is 0 Å². The van der Waals surface area contributed by atoms with Gasteiger partial charge in [-0.3, -0.25) is 14.8 Å². The van der Waals surface area contributed by atoms with Gasteiger partial charge in [-0.2, -0.15) is 0 Å². The van der Waals surface area contributed by atoms with E-state index in [0.717, 1.165) is 70.2 Å². The molecule has 4 aromatic heterocycles. The predicted molar refractivity (Wildman–Crippen MR) is 161 cm³/mol. The Labute approximate surface area is 234 Å². The number of fused-ring (bicyclic) bond motifs is 2. The standard InChI is InChI=1S/C32H35N7O/c40-32(36-15-9-23-7-12-33-13-8-23)31-20-25-6-5-24(19-28(25)38-31)29-21-30(26-22-34-14-10-27(26)37-29)35-11-4-18-39-16-2-1-3-17-39/h5-8,10,12-14,19-22,38H,1-4,9,11,15-18H2,(H,35,37)(H,36,40). The first-order valence-corrected chi connectivity index (χ1v) is 14.2. The van der Waals surface area contributed by atoms with Crippen LogP contribution in [0.5, 0.6) is 0 Å². The van der Waals surface area contributed by atoms with Crippen molar-refractivity contribution in [3.8, 4) is 11.3 Å². The van der Waals surface area contributed by atoms with E-state index >= 15 is 0 Å². The van der Waals surface area contributed by atoms with Crippen molar-refractivity contribution in [2.75, 3.05) is 38.0 Å². The van der Waals surface area contributed by atoms with Gasteiger partial charge in [-0.1, -0.05) is 18.6 Å². The fourth-order valence-electron chi connectivity index (χ4n) is 5.45. The van der Waals surface area contributed by atoms with Gasteiger partial charge in [-0.25, -0.2) is 4.98 Å². The van der Waals surface area contributed by atoms with E-state index in [-0.39, 0.29) is 5.91 Å². The fraction of sp³-hybridized carbons (Fsp3) is 0.312. The number of benzene rings is 1. The van der Waals surface area contributed by atoms with E-state index in [2.05, 4.69) is 48.7 Å². The van der Waals surface area contributed by atoms with Crippen LogP contribution in [-0.4, -0.2) is 63.5 Å². The zero-order valence-electron chi connectivity index (χ0n) is 22.7. The summed E-state index contributed by atoms with van der Waals surface area (Å²) in [5.41, 5.74) is 6.44. The van der Waals surface area contributed by atoms with Crippen LogP contribution in [0.1, 0.15) is 41.7 Å². The van der Waals surface area contributed by atoms with Crippen molar-refractivity contribution < 1.29 is 4.79 Å². The molecule has 0 saturated carbocycles. The van der Waals surface area contributed by atoms with Crippen molar-refractivity contribution in [1.82, 2.24) is 30.2 Å². The number of amides is 1. The first-order valence-electron chi connectivity index (χ1n) is 14.2. The summed E-state index contributed by atoms with van der Waals surface area (Å²) in [6, 6.07) is 16.1. The van der Waals surface area contributed by atoms with Gasteiger partial charge in [-0.15, -0.1) is 0 Å². The monoisotopic (exact) mass is 533 g/mol. The third-order valence-electron chi connectivity index (χ3n) is 7.64. The summed E-state index contributed by atoms with van der Waals surface area (Å²) < 4.78 is 0. The van der Waals surface area contributed by atoms with Gasteiger partial charge in [0.1, 0.15) is 5.69 Å². The number of aromatic nitrogens is 4. The van der Waals surface area contributed by atoms with Crippen LogP contribution in [0.25, 0.3) is 33.1 Å². The number of aromatic amines is 1. The number of pyridine rings is 3. The van der Waals surface area contributed by atoms with Crippen LogP contribution in [0.3, 0.4) is 0 Å². The molecule has 0 bridgehead atoms. The molecule has 8 heteroatoms. The van der Waals surface area contributed by atoms with E-state index < -0.39 is 0 Å². The lowest BCUT2D eigenvalue weighted by Gasteiger charge is -2.26. The molecule has 6 rings (SSSR count). The summed E-state index contributed by atoms with van der Waals surface area (Å²) in [7, 11) is 0. The maximum absolute atomic E-state index is 12.8. The highest BCUT2D eigenvalue weighted by Crippen LogP contribution is 2.30. The highest BCUT2D eigenvalue weighted by Gasteiger charge is 2.13. The molecular formula is C32H35N7O. The number of nitrogens with zero attached hydrogens (tertiary/aromatic N) is 4. The molecular weight excluding hydrogens is 498 g/mol. The zero-order chi connectivity index (χ0) is 27.1. The van der Waals surface area contributed by atoms with Gasteiger partial charge in [0.15, 0.2) is 0 Å². The average molecular weight is 534 g/mol. The number of likely N-dealkylation sites (tertiary alicyclic amines) is 1. The molecule has 0 atom stereocenters. The number of nitrogens with one attached hydrogen (secondary N) is 3. The van der Waals surface area contributed by atoms with E-state index in [9.17, 15) is 4.79 Å². The number of carbonyl (C=O) groups excluding carboxylic acids is 1. The average Bonchev–Trinajstić information content (AvgIpc) is 3.44. The molecule has 8 nitrogen and oxygen atoms in total. The molecule has 0 aliphatic carbocycles. The van der Waals surface area contributed by atoms with Crippen LogP contribution in [0.4, 0.5) is 5.69 Å². The van der Waals surface area contributed by atoms with Crippen molar-refractivity contribution in [3.05, 3.63) is 84.6 Å². The lowest BCUT2D eigenvalue weighted by atomic mass is 10.1. The van der Waals surface area contributed by atoms with E-state index in [1.54, 1.807) is 18.6 Å². The Morgan fingerprint density at radius 3 is 2.65 bits per heavy atom. The lowest BCUT2D eigenvalue weighted by molar-refractivity contribution is 0.0950. The number of H-pyrrole nitrogens is 1. The van der Waals surface area contributed by atoms with E-state index in [4.69, 9.17) is 4.98 Å². The SMILES string of the molecule is O=C(NCCc1ccncc1)c1cc2ccc(-c3cc(NCCCN4CCCCC4)c4cnccc4n3)cc2[nH]1. The number of carbonyl (C=O) groups is 1. The third kappa shape index (κ3) is 6.13. The number of hydrogen-bond donors (Lipinski definition) is 3. The molecule has 3 N–H and O–H groups in total. The summed E-state index contributed by atoms with van der Waals surface area (Å²) >= 11 is 0. The first-order chi connectivity index (χ1) is 19.7. The molecule has 1 aromatic carbocycles. The van der Waals surface area contributed by atoms with Crippen molar-refractivity contribution in [1.29, 1.82) is 0 Å². The maximum atomic E-state index is 12.8. The summed E-state index contributed by atoms with van der Waals surface area (Å²) in [4.78, 5) is 32.0. The Kier molecular flexibility index (Phi) is 7.95. The summed E-state index contributed by atoms with van der Waals surface area (Å²) in [6.45, 7) is 5.04. The van der Waals surface area contributed by atoms with Gasteiger partial charge in [0, 0.05) is 65.4 Å². The van der Waals surface area contributed by atoms with E-state index in [1.807, 2.05) is 36.5 Å². The molecule has 5 heterocycles. The lowest BCUT2D eigenvalue weighted by Crippen LogP contribution is -2.31. The minimum absolute atomic E-state index is 0.112. The normalized spacial score (nSPS) is 14.0. The minimum atomic E-state index is -0.112. The topological polar surface area (TPSA) is 98.8 Å². The molecule has 40 heavy (non-hydrogen) atoms. The second kappa shape index (κ2) is 12.3. The molecule has 204 valence electrons. The van der Waals surface area contributed by atoms with Crippen molar-refractivity contribution in [2.24, 2.45) is 0 Å². The molecule has 0 radical (unpaired) electrons. The number of anilines is 1. The molecule has 1 amide bonds. The molecule has 1 aliphatic rings. The van der Waals surface area contributed by atoms with Gasteiger partial charge >= 0.3 is 0 Å². The van der Waals surface area contributed by atoms with Crippen LogP contribution in [0, 0.1) is 0 Å². The predicted octanol–water partition coefficient (Wildman–Crippen LogP) is 5.43. The van der Waals surface area contributed by atoms with Crippen molar-refractivity contribution >= 4 is 33.4 Å². The van der Waals surface area contributed by atoms with Crippen LogP contribution in [0.15, 0.2) is 73.3 Å². The van der Waals surface area contributed by atoms with Crippen LogP contribution < -0.4 is 10.6 Å². The van der Waals surface area contributed by atoms with Crippen LogP contribution >= 0.6 is 0 Å². The fourth-order valence-corrected chi connectivity index (χ4v) is 5.45. The Morgan fingerprint density at radius 1 is 0.925 bits per heavy atom. The zero-order valence-corrected chi connectivity index (χ0v) is 22.7. The van der Waals surface area contributed by atoms with E-state index in [1.165, 1.54) is 32.4 Å². The van der Waals surface area contributed by atoms with Gasteiger partial charge in [-0.05, 0) is 87.3 Å². The van der Waals surface area contributed by atoms with Crippen molar-refractivity contribution in [3.63, 3.8) is 0 Å².